The van der Waals surface area contributed by atoms with Crippen LogP contribution in [0.2, 0.25) is 0 Å². The average Bonchev–Trinajstić information content (AvgIpc) is 2.55. The van der Waals surface area contributed by atoms with E-state index < -0.39 is 10.6 Å². The number of rotatable bonds is 11. The summed E-state index contributed by atoms with van der Waals surface area (Å²) >= 11 is 0. The van der Waals surface area contributed by atoms with E-state index in [9.17, 15) is 0 Å². The van der Waals surface area contributed by atoms with E-state index in [0.29, 0.717) is 13.2 Å². The SMILES string of the molecule is C.C=C.C=CCN.CCCCCCCCCCCCO.O=S(=O)=O. The van der Waals surface area contributed by atoms with Crippen molar-refractivity contribution in [2.75, 3.05) is 13.2 Å². The topological polar surface area (TPSA) is 97.5 Å². The van der Waals surface area contributed by atoms with E-state index in [2.05, 4.69) is 26.7 Å². The lowest BCUT2D eigenvalue weighted by atomic mass is 10.1. The molecular formula is C18H41NO4S. The normalized spacial score (nSPS) is 7.96. The summed E-state index contributed by atoms with van der Waals surface area (Å²) in [5.74, 6) is 0. The Morgan fingerprint density at radius 2 is 1.12 bits per heavy atom. The molecule has 0 heterocycles. The maximum atomic E-state index is 8.57. The van der Waals surface area contributed by atoms with Gasteiger partial charge in [0.1, 0.15) is 0 Å². The Morgan fingerprint density at radius 1 is 0.875 bits per heavy atom. The van der Waals surface area contributed by atoms with Crippen molar-refractivity contribution in [3.05, 3.63) is 25.8 Å². The van der Waals surface area contributed by atoms with Crippen molar-refractivity contribution >= 4 is 10.6 Å². The van der Waals surface area contributed by atoms with E-state index in [4.69, 9.17) is 23.5 Å². The van der Waals surface area contributed by atoms with Gasteiger partial charge in [-0.15, -0.1) is 32.4 Å². The molecule has 0 spiro atoms. The second kappa shape index (κ2) is 43.1. The Kier molecular flexibility index (Phi) is 61.8. The molecule has 3 N–H and O–H groups in total. The highest BCUT2D eigenvalue weighted by molar-refractivity contribution is 7.59. The number of unbranched alkanes of at least 4 members (excludes halogenated alkanes) is 9. The molecule has 0 bridgehead atoms. The van der Waals surface area contributed by atoms with Crippen LogP contribution in [-0.2, 0) is 10.6 Å². The van der Waals surface area contributed by atoms with Gasteiger partial charge < -0.3 is 10.8 Å². The first kappa shape index (κ1) is 34.4. The summed E-state index contributed by atoms with van der Waals surface area (Å²) in [7, 11) is -3.11. The third-order valence-corrected chi connectivity index (χ3v) is 2.68. The van der Waals surface area contributed by atoms with Crippen LogP contribution in [0.3, 0.4) is 0 Å². The number of nitrogens with two attached hydrogens (primary N) is 1. The van der Waals surface area contributed by atoms with Crippen LogP contribution in [0.15, 0.2) is 25.8 Å². The third-order valence-electron chi connectivity index (χ3n) is 2.68. The Balaban J connectivity index is -0.0000000910. The summed E-state index contributed by atoms with van der Waals surface area (Å²) in [6.45, 7) is 12.6. The quantitative estimate of drug-likeness (QED) is 0.415. The van der Waals surface area contributed by atoms with E-state index in [1.165, 1.54) is 57.8 Å². The van der Waals surface area contributed by atoms with E-state index >= 15 is 0 Å². The number of aliphatic hydroxyl groups excluding tert-OH is 1. The van der Waals surface area contributed by atoms with Crippen molar-refractivity contribution in [2.24, 2.45) is 5.73 Å². The van der Waals surface area contributed by atoms with E-state index in [1.54, 1.807) is 6.08 Å². The highest BCUT2D eigenvalue weighted by atomic mass is 32.2. The highest BCUT2D eigenvalue weighted by Gasteiger charge is 1.91. The maximum absolute atomic E-state index is 8.57. The lowest BCUT2D eigenvalue weighted by Crippen LogP contribution is -1.90. The molecule has 0 aromatic carbocycles. The first-order valence-corrected chi connectivity index (χ1v) is 9.25. The molecule has 0 saturated carbocycles. The van der Waals surface area contributed by atoms with Crippen LogP contribution in [0.25, 0.3) is 0 Å². The van der Waals surface area contributed by atoms with Crippen LogP contribution in [-0.4, -0.2) is 30.9 Å². The molecule has 24 heavy (non-hydrogen) atoms. The molecule has 5 nitrogen and oxygen atoms in total. The molecule has 0 rings (SSSR count). The van der Waals surface area contributed by atoms with Gasteiger partial charge in [0.05, 0.1) is 0 Å². The molecule has 0 aliphatic rings. The molecule has 0 aliphatic carbocycles. The summed E-state index contributed by atoms with van der Waals surface area (Å²) in [5, 5.41) is 8.57. The molecule has 0 fully saturated rings. The Labute approximate surface area is 152 Å². The van der Waals surface area contributed by atoms with Crippen LogP contribution < -0.4 is 5.73 Å². The molecule has 0 saturated heterocycles. The first-order valence-electron chi connectivity index (χ1n) is 8.25. The minimum Gasteiger partial charge on any atom is -0.396 e. The molecule has 0 radical (unpaired) electrons. The van der Waals surface area contributed by atoms with Crippen LogP contribution in [0.1, 0.15) is 78.6 Å². The van der Waals surface area contributed by atoms with E-state index in [0.717, 1.165) is 6.42 Å². The average molecular weight is 368 g/mol. The summed E-state index contributed by atoms with van der Waals surface area (Å²) < 4.78 is 25.3. The van der Waals surface area contributed by atoms with Gasteiger partial charge in [-0.05, 0) is 6.42 Å². The monoisotopic (exact) mass is 367 g/mol. The Morgan fingerprint density at radius 3 is 1.33 bits per heavy atom. The van der Waals surface area contributed by atoms with Crippen molar-refractivity contribution in [3.8, 4) is 0 Å². The minimum absolute atomic E-state index is 0. The standard InChI is InChI=1S/C12H26O.C3H7N.C2H4.CH4.O3S/c1-2-3-4-5-6-7-8-9-10-11-12-13;1-2-3-4;1-2;;1-4(2)3/h13H,2-12H2,1H3;2H,1,3-4H2;1-2H2;1H4;. The lowest BCUT2D eigenvalue weighted by Gasteiger charge is -2.00. The Bertz CT molecular complexity index is 274. The first-order chi connectivity index (χ1) is 11.1. The van der Waals surface area contributed by atoms with Gasteiger partial charge in [-0.2, -0.15) is 0 Å². The van der Waals surface area contributed by atoms with Gasteiger partial charge in [0.2, 0.25) is 0 Å². The zero-order valence-corrected chi connectivity index (χ0v) is 15.7. The zero-order valence-electron chi connectivity index (χ0n) is 14.8. The van der Waals surface area contributed by atoms with Crippen LogP contribution in [0, 0.1) is 0 Å². The van der Waals surface area contributed by atoms with Gasteiger partial charge in [0.25, 0.3) is 0 Å². The fourth-order valence-electron chi connectivity index (χ4n) is 1.60. The van der Waals surface area contributed by atoms with Crippen LogP contribution >= 0.6 is 0 Å². The third kappa shape index (κ3) is 83.9. The summed E-state index contributed by atoms with van der Waals surface area (Å²) in [5.41, 5.74) is 4.91. The molecule has 0 amide bonds. The second-order valence-electron chi connectivity index (χ2n) is 4.63. The number of hydrogen-bond acceptors (Lipinski definition) is 5. The van der Waals surface area contributed by atoms with Gasteiger partial charge in [0, 0.05) is 13.2 Å². The summed E-state index contributed by atoms with van der Waals surface area (Å²) in [6, 6.07) is 0. The molecular weight excluding hydrogens is 326 g/mol. The number of hydrogen-bond donors (Lipinski definition) is 2. The van der Waals surface area contributed by atoms with Crippen LogP contribution in [0.4, 0.5) is 0 Å². The van der Waals surface area contributed by atoms with Crippen molar-refractivity contribution in [1.29, 1.82) is 0 Å². The predicted molar refractivity (Wildman–Crippen MR) is 106 cm³/mol. The van der Waals surface area contributed by atoms with E-state index in [-0.39, 0.29) is 7.43 Å². The lowest BCUT2D eigenvalue weighted by molar-refractivity contribution is 0.282. The predicted octanol–water partition coefficient (Wildman–Crippen LogP) is 4.46. The van der Waals surface area contributed by atoms with Gasteiger partial charge in [-0.1, -0.05) is 78.2 Å². The van der Waals surface area contributed by atoms with Gasteiger partial charge in [0.15, 0.2) is 0 Å². The van der Waals surface area contributed by atoms with Crippen molar-refractivity contribution in [2.45, 2.75) is 78.6 Å². The number of aliphatic hydroxyl groups is 1. The maximum Gasteiger partial charge on any atom is 0.425 e. The molecule has 0 atom stereocenters. The fourth-order valence-corrected chi connectivity index (χ4v) is 1.60. The molecule has 0 aliphatic heterocycles. The van der Waals surface area contributed by atoms with Crippen molar-refractivity contribution in [1.82, 2.24) is 0 Å². The zero-order chi connectivity index (χ0) is 18.8. The largest absolute Gasteiger partial charge is 0.425 e. The summed E-state index contributed by atoms with van der Waals surface area (Å²) in [6.07, 6.45) is 15.0. The molecule has 0 aromatic rings. The molecule has 148 valence electrons. The van der Waals surface area contributed by atoms with E-state index in [1.807, 2.05) is 0 Å². The van der Waals surface area contributed by atoms with Crippen LogP contribution in [0.5, 0.6) is 0 Å². The molecule has 0 unspecified atom stereocenters. The fraction of sp³-hybridized carbons (Fsp3) is 0.778. The highest BCUT2D eigenvalue weighted by Crippen LogP contribution is 2.09. The smallest absolute Gasteiger partial charge is 0.396 e. The van der Waals surface area contributed by atoms with Crippen molar-refractivity contribution < 1.29 is 17.7 Å². The minimum atomic E-state index is -3.11. The van der Waals surface area contributed by atoms with Gasteiger partial charge in [-0.3, -0.25) is 0 Å². The van der Waals surface area contributed by atoms with Gasteiger partial charge in [-0.25, -0.2) is 0 Å². The second-order valence-corrected chi connectivity index (χ2v) is 5.04. The molecule has 6 heteroatoms. The van der Waals surface area contributed by atoms with Gasteiger partial charge >= 0.3 is 10.6 Å². The summed E-state index contributed by atoms with van der Waals surface area (Å²) in [4.78, 5) is 0. The van der Waals surface area contributed by atoms with Crippen molar-refractivity contribution in [3.63, 3.8) is 0 Å². The Hall–Kier alpha value is -0.980. The molecule has 0 aromatic heterocycles.